The van der Waals surface area contributed by atoms with E-state index in [-0.39, 0.29) is 17.8 Å². The van der Waals surface area contributed by atoms with Crippen LogP contribution in [-0.4, -0.2) is 40.5 Å². The fourth-order valence-electron chi connectivity index (χ4n) is 0. The summed E-state index contributed by atoms with van der Waals surface area (Å²) in [5, 5.41) is 0. The molecule has 0 aliphatic carbocycles. The van der Waals surface area contributed by atoms with Crippen molar-refractivity contribution in [2.75, 3.05) is 0 Å². The highest BCUT2D eigenvalue weighted by Gasteiger charge is 1.84. The van der Waals surface area contributed by atoms with E-state index in [0.29, 0.717) is 0 Å². The van der Waals surface area contributed by atoms with Crippen LogP contribution >= 0.6 is 0 Å². The number of quaternary nitrogens is 2. The first kappa shape index (κ1) is 29.3. The largest absolute Gasteiger partial charge is 0.759 e. The molecule has 12 N–H and O–H groups in total. The van der Waals surface area contributed by atoms with E-state index in [4.69, 9.17) is 35.0 Å². The van der Waals surface area contributed by atoms with Gasteiger partial charge in [-0.1, -0.05) is 0 Å². The molecule has 0 radical (unpaired) electrons. The van der Waals surface area contributed by atoms with Crippen LogP contribution in [0.2, 0.25) is 0 Å². The second-order valence-corrected chi connectivity index (χ2v) is 2.57. The molecule has 13 heteroatoms. The quantitative estimate of drug-likeness (QED) is 0.272. The lowest BCUT2D eigenvalue weighted by Crippen LogP contribution is -1.91. The van der Waals surface area contributed by atoms with Crippen LogP contribution in [-0.2, 0) is 20.8 Å². The summed E-state index contributed by atoms with van der Waals surface area (Å²) in [5.41, 5.74) is 0. The summed E-state index contributed by atoms with van der Waals surface area (Å²) in [4.78, 5) is 0. The third-order valence-electron chi connectivity index (χ3n) is 0. The summed E-state index contributed by atoms with van der Waals surface area (Å²) < 4.78 is 65.7. The highest BCUT2D eigenvalue weighted by Crippen LogP contribution is 1.59. The first-order chi connectivity index (χ1) is 4.00. The molecule has 88 valence electrons. The van der Waals surface area contributed by atoms with Crippen molar-refractivity contribution < 1.29 is 40.5 Å². The molecule has 0 aromatic rings. The minimum atomic E-state index is -5.17. The van der Waals surface area contributed by atoms with Crippen LogP contribution in [0.3, 0.4) is 0 Å². The van der Waals surface area contributed by atoms with Crippen LogP contribution < -0.4 is 12.3 Å². The Morgan fingerprint density at radius 3 is 0.846 bits per heavy atom. The molecule has 0 aliphatic rings. The zero-order chi connectivity index (χ0) is 9.00. The standard InChI is InChI=1S/2H3N.2H2O4S.H2O/c;;2*1-5(2,3)4;/h2*1H3;2*(H2,1,2,3,4);1H2. The Labute approximate surface area is 74.4 Å². The van der Waals surface area contributed by atoms with Crippen molar-refractivity contribution in [2.24, 2.45) is 0 Å². The van der Waals surface area contributed by atoms with Gasteiger partial charge in [0.1, 0.15) is 0 Å². The smallest absolute Gasteiger partial charge is 0.394 e. The lowest BCUT2D eigenvalue weighted by atomic mass is 14.0. The van der Waals surface area contributed by atoms with Gasteiger partial charge in [0.15, 0.2) is 0 Å². The third kappa shape index (κ3) is 7450. The van der Waals surface area contributed by atoms with Gasteiger partial charge in [-0.25, -0.2) is 0 Å². The molecule has 0 amide bonds. The molecular formula is H12N2O9S2. The second-order valence-electron chi connectivity index (χ2n) is 0.856. The van der Waals surface area contributed by atoms with E-state index in [1.165, 1.54) is 0 Å². The van der Waals surface area contributed by atoms with Crippen LogP contribution in [0.1, 0.15) is 0 Å². The topological polar surface area (TPSA) is 259 Å². The molecule has 0 aromatic carbocycles. The lowest BCUT2D eigenvalue weighted by molar-refractivity contribution is 0.352. The van der Waals surface area contributed by atoms with Gasteiger partial charge in [-0.2, -0.15) is 8.42 Å². The highest BCUT2D eigenvalue weighted by molar-refractivity contribution is 7.80. The van der Waals surface area contributed by atoms with E-state index in [1.54, 1.807) is 0 Å². The van der Waals surface area contributed by atoms with Gasteiger partial charge >= 0.3 is 10.4 Å². The monoisotopic (exact) mass is 248 g/mol. The Hall–Kier alpha value is -0.380. The Morgan fingerprint density at radius 1 is 0.846 bits per heavy atom. The molecule has 0 heterocycles. The maximum absolute atomic E-state index is 8.74. The van der Waals surface area contributed by atoms with Gasteiger partial charge in [0, 0.05) is 10.4 Å². The molecule has 0 aliphatic heterocycles. The van der Waals surface area contributed by atoms with Gasteiger partial charge in [-0.3, -0.25) is 17.5 Å². The zero-order valence-corrected chi connectivity index (χ0v) is 8.29. The molecule has 0 spiro atoms. The van der Waals surface area contributed by atoms with Crippen molar-refractivity contribution in [1.82, 2.24) is 12.3 Å². The van der Waals surface area contributed by atoms with E-state index >= 15 is 0 Å². The molecule has 0 aromatic heterocycles. The van der Waals surface area contributed by atoms with Crippen LogP contribution in [0.25, 0.3) is 0 Å². The molecule has 0 atom stereocenters. The average molecular weight is 248 g/mol. The summed E-state index contributed by atoms with van der Waals surface area (Å²) in [7, 11) is -9.83. The number of hydrogen-bond donors (Lipinski definition) is 4. The normalized spacial score (nSPS) is 8.92. The fraction of sp³-hybridized carbons (Fsp3) is 0. The minimum Gasteiger partial charge on any atom is -0.759 e. The Bertz CT molecular complexity index is 212. The van der Waals surface area contributed by atoms with Gasteiger partial charge in [0.25, 0.3) is 0 Å². The number of hydrogen-bond acceptors (Lipinski definition) is 6. The molecule has 0 saturated heterocycles. The van der Waals surface area contributed by atoms with E-state index < -0.39 is 20.8 Å². The van der Waals surface area contributed by atoms with Gasteiger partial charge in [0.2, 0.25) is 0 Å². The van der Waals surface area contributed by atoms with Crippen molar-refractivity contribution in [3.05, 3.63) is 0 Å². The molecule has 0 rings (SSSR count). The zero-order valence-electron chi connectivity index (χ0n) is 6.66. The second kappa shape index (κ2) is 9.71. The Balaban J connectivity index is -0.0000000267. The van der Waals surface area contributed by atoms with E-state index in [0.717, 1.165) is 0 Å². The maximum atomic E-state index is 8.74. The van der Waals surface area contributed by atoms with Crippen molar-refractivity contribution >= 4 is 20.8 Å². The summed E-state index contributed by atoms with van der Waals surface area (Å²) >= 11 is 0. The molecular weight excluding hydrogens is 236 g/mol. The van der Waals surface area contributed by atoms with Gasteiger partial charge < -0.3 is 26.9 Å². The third-order valence-corrected chi connectivity index (χ3v) is 0. The molecule has 0 fully saturated rings. The lowest BCUT2D eigenvalue weighted by Gasteiger charge is -2.06. The summed E-state index contributed by atoms with van der Waals surface area (Å²) in [5.74, 6) is 0. The predicted molar refractivity (Wildman–Crippen MR) is 40.2 cm³/mol. The summed E-state index contributed by atoms with van der Waals surface area (Å²) in [6.45, 7) is 0. The van der Waals surface area contributed by atoms with E-state index in [2.05, 4.69) is 0 Å². The van der Waals surface area contributed by atoms with Crippen molar-refractivity contribution in [2.45, 2.75) is 0 Å². The summed E-state index contributed by atoms with van der Waals surface area (Å²) in [6.07, 6.45) is 0. The average Bonchev–Trinajstić information content (AvgIpc) is 1.12. The van der Waals surface area contributed by atoms with Gasteiger partial charge in [-0.05, 0) is 0 Å². The SMILES string of the molecule is O.O=S(=O)(O)O.O=S(=O)([O-])[O-].[NH4+].[NH4+]. The molecule has 11 nitrogen and oxygen atoms in total. The molecule has 13 heavy (non-hydrogen) atoms. The van der Waals surface area contributed by atoms with Crippen LogP contribution in [0.15, 0.2) is 0 Å². The van der Waals surface area contributed by atoms with Crippen molar-refractivity contribution in [3.8, 4) is 0 Å². The van der Waals surface area contributed by atoms with Crippen LogP contribution in [0.4, 0.5) is 0 Å². The minimum absolute atomic E-state index is 0. The maximum Gasteiger partial charge on any atom is 0.394 e. The highest BCUT2D eigenvalue weighted by atomic mass is 32.3. The Kier molecular flexibility index (Phi) is 21.9. The van der Waals surface area contributed by atoms with Gasteiger partial charge in [-0.15, -0.1) is 0 Å². The first-order valence-electron chi connectivity index (χ1n) is 1.37. The molecule has 0 unspecified atom stereocenters. The fourth-order valence-corrected chi connectivity index (χ4v) is 0. The molecule has 0 saturated carbocycles. The van der Waals surface area contributed by atoms with Crippen LogP contribution in [0, 0.1) is 0 Å². The Morgan fingerprint density at radius 2 is 0.846 bits per heavy atom. The molecule has 0 bridgehead atoms. The van der Waals surface area contributed by atoms with Crippen molar-refractivity contribution in [1.29, 1.82) is 0 Å². The van der Waals surface area contributed by atoms with E-state index in [9.17, 15) is 0 Å². The van der Waals surface area contributed by atoms with Gasteiger partial charge in [0.05, 0.1) is 0 Å². The summed E-state index contributed by atoms with van der Waals surface area (Å²) in [6, 6.07) is 0. The first-order valence-corrected chi connectivity index (χ1v) is 4.10. The van der Waals surface area contributed by atoms with Crippen molar-refractivity contribution in [3.63, 3.8) is 0 Å². The van der Waals surface area contributed by atoms with E-state index in [1.807, 2.05) is 0 Å². The predicted octanol–water partition coefficient (Wildman–Crippen LogP) is -2.06. The number of rotatable bonds is 0. The van der Waals surface area contributed by atoms with Crippen LogP contribution in [0.5, 0.6) is 0 Å².